The summed E-state index contributed by atoms with van der Waals surface area (Å²) in [4.78, 5) is 30.6. The molecular weight excluding hydrogens is 343 g/mol. The number of halogens is 1. The molecule has 7 heteroatoms. The van der Waals surface area contributed by atoms with Crippen LogP contribution >= 0.6 is 11.3 Å². The number of nitrogens with zero attached hydrogens (tertiary/aromatic N) is 2. The van der Waals surface area contributed by atoms with E-state index in [2.05, 4.69) is 4.98 Å². The van der Waals surface area contributed by atoms with E-state index >= 15 is 0 Å². The van der Waals surface area contributed by atoms with Crippen molar-refractivity contribution in [3.8, 4) is 10.6 Å². The zero-order valence-corrected chi connectivity index (χ0v) is 14.2. The van der Waals surface area contributed by atoms with E-state index in [-0.39, 0.29) is 17.7 Å². The Balaban J connectivity index is 1.61. The van der Waals surface area contributed by atoms with Gasteiger partial charge in [0.15, 0.2) is 0 Å². The summed E-state index contributed by atoms with van der Waals surface area (Å²) >= 11 is 1.10. The van der Waals surface area contributed by atoms with Gasteiger partial charge in [0.2, 0.25) is 0 Å². The van der Waals surface area contributed by atoms with E-state index in [0.29, 0.717) is 22.0 Å². The zero-order chi connectivity index (χ0) is 17.6. The standard InChI is InChI=1S/C18H17FN2O3S/c19-13-7-2-1-5-12(13)16-20-8-14(25-16)17(22)21-9-10-4-3-6-11(10)15(21)18(23)24/h1-2,5,7-8,10-11,15H,3-4,6,9H2,(H,23,24). The second-order valence-corrected chi connectivity index (χ2v) is 7.64. The molecule has 130 valence electrons. The smallest absolute Gasteiger partial charge is 0.326 e. The van der Waals surface area contributed by atoms with Crippen molar-refractivity contribution in [2.24, 2.45) is 11.8 Å². The number of carbonyl (C=O) groups is 2. The second-order valence-electron chi connectivity index (χ2n) is 6.60. The average molecular weight is 360 g/mol. The number of rotatable bonds is 3. The highest BCUT2D eigenvalue weighted by Crippen LogP contribution is 2.43. The SMILES string of the molecule is O=C(O)C1C2CCCC2CN1C(=O)c1cnc(-c2ccccc2F)s1. The molecule has 1 aliphatic carbocycles. The number of benzene rings is 1. The lowest BCUT2D eigenvalue weighted by atomic mass is 9.94. The van der Waals surface area contributed by atoms with Gasteiger partial charge in [-0.3, -0.25) is 4.79 Å². The topological polar surface area (TPSA) is 70.5 Å². The minimum absolute atomic E-state index is 0.0420. The molecule has 2 aliphatic rings. The first kappa shape index (κ1) is 16.2. The first-order valence-electron chi connectivity index (χ1n) is 8.31. The third kappa shape index (κ3) is 2.72. The Morgan fingerprint density at radius 3 is 2.84 bits per heavy atom. The fourth-order valence-corrected chi connectivity index (χ4v) is 5.00. The summed E-state index contributed by atoms with van der Waals surface area (Å²) in [6.07, 6.45) is 4.27. The summed E-state index contributed by atoms with van der Waals surface area (Å²) in [5.41, 5.74) is 0.347. The van der Waals surface area contributed by atoms with E-state index in [4.69, 9.17) is 0 Å². The Bertz CT molecular complexity index is 837. The van der Waals surface area contributed by atoms with Crippen molar-refractivity contribution in [3.05, 3.63) is 41.2 Å². The van der Waals surface area contributed by atoms with Crippen molar-refractivity contribution in [2.75, 3.05) is 6.54 Å². The Morgan fingerprint density at radius 2 is 2.08 bits per heavy atom. The third-order valence-corrected chi connectivity index (χ3v) is 6.24. The molecule has 2 heterocycles. The number of carboxylic acids is 1. The van der Waals surface area contributed by atoms with Crippen LogP contribution in [-0.4, -0.2) is 39.5 Å². The van der Waals surface area contributed by atoms with Crippen LogP contribution in [0, 0.1) is 17.7 Å². The van der Waals surface area contributed by atoms with Gasteiger partial charge < -0.3 is 10.0 Å². The van der Waals surface area contributed by atoms with Crippen molar-refractivity contribution in [1.29, 1.82) is 0 Å². The molecule has 3 unspecified atom stereocenters. The van der Waals surface area contributed by atoms with Crippen LogP contribution in [0.1, 0.15) is 28.9 Å². The highest BCUT2D eigenvalue weighted by molar-refractivity contribution is 7.16. The summed E-state index contributed by atoms with van der Waals surface area (Å²) in [6, 6.07) is 5.50. The number of aliphatic carboxylic acids is 1. The molecule has 3 atom stereocenters. The van der Waals surface area contributed by atoms with E-state index < -0.39 is 17.8 Å². The number of amides is 1. The maximum atomic E-state index is 13.9. The van der Waals surface area contributed by atoms with Gasteiger partial charge in [-0.05, 0) is 36.8 Å². The predicted molar refractivity (Wildman–Crippen MR) is 90.8 cm³/mol. The largest absolute Gasteiger partial charge is 0.480 e. The maximum Gasteiger partial charge on any atom is 0.326 e. The molecule has 0 radical (unpaired) electrons. The summed E-state index contributed by atoms with van der Waals surface area (Å²) < 4.78 is 13.9. The summed E-state index contributed by atoms with van der Waals surface area (Å²) in [6.45, 7) is 0.480. The lowest BCUT2D eigenvalue weighted by Gasteiger charge is -2.23. The van der Waals surface area contributed by atoms with Gasteiger partial charge in [0.25, 0.3) is 5.91 Å². The lowest BCUT2D eigenvalue weighted by Crippen LogP contribution is -2.43. The van der Waals surface area contributed by atoms with Crippen LogP contribution in [0.2, 0.25) is 0 Å². The molecule has 2 fully saturated rings. The molecule has 1 aromatic carbocycles. The van der Waals surface area contributed by atoms with Crippen LogP contribution in [-0.2, 0) is 4.79 Å². The van der Waals surface area contributed by atoms with Crippen molar-refractivity contribution >= 4 is 23.2 Å². The van der Waals surface area contributed by atoms with Gasteiger partial charge in [-0.2, -0.15) is 0 Å². The van der Waals surface area contributed by atoms with Crippen LogP contribution in [0.15, 0.2) is 30.5 Å². The molecule has 0 spiro atoms. The fraction of sp³-hybridized carbons (Fsp3) is 0.389. The van der Waals surface area contributed by atoms with Crippen LogP contribution in [0.5, 0.6) is 0 Å². The Labute approximate surface area is 148 Å². The van der Waals surface area contributed by atoms with Crippen LogP contribution in [0.3, 0.4) is 0 Å². The Morgan fingerprint density at radius 1 is 1.28 bits per heavy atom. The molecule has 1 aromatic heterocycles. The molecule has 1 amide bonds. The van der Waals surface area contributed by atoms with Gasteiger partial charge in [0.05, 0.1) is 6.20 Å². The van der Waals surface area contributed by atoms with Crippen LogP contribution in [0.4, 0.5) is 4.39 Å². The highest BCUT2D eigenvalue weighted by Gasteiger charge is 2.49. The lowest BCUT2D eigenvalue weighted by molar-refractivity contribution is -0.142. The molecule has 0 bridgehead atoms. The van der Waals surface area contributed by atoms with Crippen molar-refractivity contribution in [1.82, 2.24) is 9.88 Å². The van der Waals surface area contributed by atoms with Gasteiger partial charge in [-0.1, -0.05) is 18.6 Å². The number of carbonyl (C=O) groups excluding carboxylic acids is 1. The summed E-state index contributed by atoms with van der Waals surface area (Å²) in [7, 11) is 0. The minimum atomic E-state index is -0.943. The molecule has 2 aromatic rings. The van der Waals surface area contributed by atoms with Crippen molar-refractivity contribution in [2.45, 2.75) is 25.3 Å². The van der Waals surface area contributed by atoms with Crippen LogP contribution < -0.4 is 0 Å². The number of thiazole rings is 1. The van der Waals surface area contributed by atoms with E-state index in [1.54, 1.807) is 18.2 Å². The first-order chi connectivity index (χ1) is 12.1. The number of hydrogen-bond donors (Lipinski definition) is 1. The van der Waals surface area contributed by atoms with Gasteiger partial charge in [0.1, 0.15) is 21.7 Å². The van der Waals surface area contributed by atoms with Crippen molar-refractivity contribution in [3.63, 3.8) is 0 Å². The molecule has 25 heavy (non-hydrogen) atoms. The molecule has 4 rings (SSSR count). The van der Waals surface area contributed by atoms with Gasteiger partial charge in [-0.25, -0.2) is 14.2 Å². The molecule has 1 N–H and O–H groups in total. The zero-order valence-electron chi connectivity index (χ0n) is 13.4. The number of carboxylic acid groups (broad SMARTS) is 1. The second kappa shape index (κ2) is 6.22. The summed E-state index contributed by atoms with van der Waals surface area (Å²) in [5.74, 6) is -1.34. The van der Waals surface area contributed by atoms with E-state index in [1.807, 2.05) is 0 Å². The van der Waals surface area contributed by atoms with Gasteiger partial charge >= 0.3 is 5.97 Å². The van der Waals surface area contributed by atoms with Gasteiger partial charge in [-0.15, -0.1) is 11.3 Å². The summed E-state index contributed by atoms with van der Waals surface area (Å²) in [5, 5.41) is 10.0. The monoisotopic (exact) mass is 360 g/mol. The number of fused-ring (bicyclic) bond motifs is 1. The molecular formula is C18H17FN2O3S. The van der Waals surface area contributed by atoms with Crippen LogP contribution in [0.25, 0.3) is 10.6 Å². The number of hydrogen-bond acceptors (Lipinski definition) is 4. The number of likely N-dealkylation sites (tertiary alicyclic amines) is 1. The van der Waals surface area contributed by atoms with E-state index in [1.165, 1.54) is 17.2 Å². The highest BCUT2D eigenvalue weighted by atomic mass is 32.1. The van der Waals surface area contributed by atoms with Crippen molar-refractivity contribution < 1.29 is 19.1 Å². The average Bonchev–Trinajstić information content (AvgIpc) is 3.29. The first-order valence-corrected chi connectivity index (χ1v) is 9.12. The van der Waals surface area contributed by atoms with E-state index in [0.717, 1.165) is 30.6 Å². The van der Waals surface area contributed by atoms with E-state index in [9.17, 15) is 19.1 Å². The normalized spacial score (nSPS) is 25.2. The third-order valence-electron chi connectivity index (χ3n) is 5.23. The number of aromatic nitrogens is 1. The van der Waals surface area contributed by atoms with Gasteiger partial charge in [0, 0.05) is 12.1 Å². The molecule has 5 nitrogen and oxygen atoms in total. The molecule has 1 aliphatic heterocycles. The Hall–Kier alpha value is -2.28. The molecule has 1 saturated heterocycles. The predicted octanol–water partition coefficient (Wildman–Crippen LogP) is 3.27. The maximum absolute atomic E-state index is 13.9. The fourth-order valence-electron chi connectivity index (χ4n) is 4.10. The molecule has 1 saturated carbocycles. The Kier molecular flexibility index (Phi) is 4.03. The quantitative estimate of drug-likeness (QED) is 0.912. The minimum Gasteiger partial charge on any atom is -0.480 e.